The molecule has 0 fully saturated rings. The van der Waals surface area contributed by atoms with Crippen molar-refractivity contribution in [2.45, 2.75) is 39.2 Å². The zero-order valence-corrected chi connectivity index (χ0v) is 11.1. The predicted molar refractivity (Wildman–Crippen MR) is 71.8 cm³/mol. The summed E-state index contributed by atoms with van der Waals surface area (Å²) in [5, 5.41) is 10.3. The summed E-state index contributed by atoms with van der Waals surface area (Å²) in [7, 11) is 0. The number of allylic oxidation sites excluding steroid dienone is 2. The Labute approximate surface area is 108 Å². The molecule has 98 valence electrons. The molecule has 0 saturated heterocycles. The lowest BCUT2D eigenvalue weighted by Crippen LogP contribution is -2.27. The molecule has 0 aliphatic heterocycles. The van der Waals surface area contributed by atoms with E-state index in [2.05, 4.69) is 19.9 Å². The second-order valence-electron chi connectivity index (χ2n) is 5.59. The van der Waals surface area contributed by atoms with Crippen LogP contribution in [0.4, 0.5) is 4.39 Å². The van der Waals surface area contributed by atoms with Gasteiger partial charge in [0.25, 0.3) is 0 Å². The van der Waals surface area contributed by atoms with Gasteiger partial charge in [0.1, 0.15) is 5.82 Å². The van der Waals surface area contributed by atoms with Crippen molar-refractivity contribution in [2.24, 2.45) is 11.8 Å². The topological polar surface area (TPSA) is 20.2 Å². The minimum absolute atomic E-state index is 0.224. The third-order valence-corrected chi connectivity index (χ3v) is 3.73. The summed E-state index contributed by atoms with van der Waals surface area (Å²) in [6, 6.07) is 6.43. The average molecular weight is 248 g/mol. The summed E-state index contributed by atoms with van der Waals surface area (Å²) in [4.78, 5) is 0. The van der Waals surface area contributed by atoms with Gasteiger partial charge in [0, 0.05) is 0 Å². The van der Waals surface area contributed by atoms with Crippen molar-refractivity contribution in [3.05, 3.63) is 47.3 Å². The highest BCUT2D eigenvalue weighted by Gasteiger charge is 2.24. The molecule has 0 radical (unpaired) electrons. The van der Waals surface area contributed by atoms with Crippen molar-refractivity contribution in [1.82, 2.24) is 0 Å². The molecule has 1 aromatic carbocycles. The second kappa shape index (κ2) is 5.66. The Morgan fingerprint density at radius 1 is 1.33 bits per heavy atom. The standard InChI is InChI=1S/C16H21FO/c1-11-7-12(2)9-14(8-11)16(18)10-13-3-5-15(17)6-4-13/h3-7,11,14,16,18H,8-10H2,1-2H3. The van der Waals surface area contributed by atoms with E-state index in [-0.39, 0.29) is 11.9 Å². The van der Waals surface area contributed by atoms with Crippen LogP contribution in [0.5, 0.6) is 0 Å². The first-order valence-electron chi connectivity index (χ1n) is 6.64. The third-order valence-electron chi connectivity index (χ3n) is 3.73. The summed E-state index contributed by atoms with van der Waals surface area (Å²) in [5.74, 6) is 0.653. The molecular weight excluding hydrogens is 227 g/mol. The lowest BCUT2D eigenvalue weighted by atomic mass is 9.79. The summed E-state index contributed by atoms with van der Waals surface area (Å²) in [6.07, 6.45) is 4.60. The first kappa shape index (κ1) is 13.3. The van der Waals surface area contributed by atoms with Gasteiger partial charge < -0.3 is 5.11 Å². The van der Waals surface area contributed by atoms with Gasteiger partial charge in [-0.25, -0.2) is 4.39 Å². The average Bonchev–Trinajstić information content (AvgIpc) is 2.31. The van der Waals surface area contributed by atoms with Crippen molar-refractivity contribution >= 4 is 0 Å². The molecule has 1 N–H and O–H groups in total. The van der Waals surface area contributed by atoms with Gasteiger partial charge in [-0.15, -0.1) is 0 Å². The molecule has 0 heterocycles. The Balaban J connectivity index is 1.98. The van der Waals surface area contributed by atoms with Gasteiger partial charge >= 0.3 is 0 Å². The van der Waals surface area contributed by atoms with Crippen molar-refractivity contribution in [3.8, 4) is 0 Å². The Bertz CT molecular complexity index is 421. The Morgan fingerprint density at radius 3 is 2.61 bits per heavy atom. The monoisotopic (exact) mass is 248 g/mol. The highest BCUT2D eigenvalue weighted by atomic mass is 19.1. The molecule has 1 nitrogen and oxygen atoms in total. The largest absolute Gasteiger partial charge is 0.392 e. The molecule has 2 heteroatoms. The fraction of sp³-hybridized carbons (Fsp3) is 0.500. The van der Waals surface area contributed by atoms with Crippen LogP contribution < -0.4 is 0 Å². The number of aliphatic hydroxyl groups excluding tert-OH is 1. The van der Waals surface area contributed by atoms with Gasteiger partial charge in [0.2, 0.25) is 0 Å². The van der Waals surface area contributed by atoms with Crippen molar-refractivity contribution in [3.63, 3.8) is 0 Å². The zero-order valence-electron chi connectivity index (χ0n) is 11.1. The van der Waals surface area contributed by atoms with Crippen molar-refractivity contribution < 1.29 is 9.50 Å². The molecule has 3 atom stereocenters. The van der Waals surface area contributed by atoms with Gasteiger partial charge in [0.05, 0.1) is 6.10 Å². The fourth-order valence-corrected chi connectivity index (χ4v) is 2.92. The van der Waals surface area contributed by atoms with E-state index in [4.69, 9.17) is 0 Å². The van der Waals surface area contributed by atoms with Gasteiger partial charge in [-0.2, -0.15) is 0 Å². The van der Waals surface area contributed by atoms with Crippen LogP contribution in [0.15, 0.2) is 35.9 Å². The molecule has 2 rings (SSSR count). The fourth-order valence-electron chi connectivity index (χ4n) is 2.92. The molecular formula is C16H21FO. The SMILES string of the molecule is CC1=CC(C)CC(C(O)Cc2ccc(F)cc2)C1. The molecule has 0 aromatic heterocycles. The van der Waals surface area contributed by atoms with Crippen molar-refractivity contribution in [2.75, 3.05) is 0 Å². The predicted octanol–water partition coefficient (Wildman–Crippen LogP) is 3.72. The highest BCUT2D eigenvalue weighted by Crippen LogP contribution is 2.31. The number of rotatable bonds is 3. The Hall–Kier alpha value is -1.15. The van der Waals surface area contributed by atoms with Crippen LogP contribution in [-0.2, 0) is 6.42 Å². The lowest BCUT2D eigenvalue weighted by Gasteiger charge is -2.29. The van der Waals surface area contributed by atoms with Gasteiger partial charge in [-0.3, -0.25) is 0 Å². The smallest absolute Gasteiger partial charge is 0.123 e. The summed E-state index contributed by atoms with van der Waals surface area (Å²) in [5.41, 5.74) is 2.38. The van der Waals surface area contributed by atoms with Gasteiger partial charge in [-0.05, 0) is 55.7 Å². The third kappa shape index (κ3) is 3.42. The van der Waals surface area contributed by atoms with E-state index in [9.17, 15) is 9.50 Å². The summed E-state index contributed by atoms with van der Waals surface area (Å²) in [6.45, 7) is 4.33. The van der Waals surface area contributed by atoms with E-state index < -0.39 is 0 Å². The lowest BCUT2D eigenvalue weighted by molar-refractivity contribution is 0.0932. The Kier molecular flexibility index (Phi) is 4.18. The maximum absolute atomic E-state index is 12.8. The molecule has 0 amide bonds. The zero-order chi connectivity index (χ0) is 13.1. The summed E-state index contributed by atoms with van der Waals surface area (Å²) < 4.78 is 12.8. The van der Waals surface area contributed by atoms with E-state index >= 15 is 0 Å². The van der Waals surface area contributed by atoms with Crippen LogP contribution in [0, 0.1) is 17.7 Å². The number of benzene rings is 1. The van der Waals surface area contributed by atoms with Gasteiger partial charge in [-0.1, -0.05) is 30.7 Å². The second-order valence-corrected chi connectivity index (χ2v) is 5.59. The van der Waals surface area contributed by atoms with Crippen LogP contribution in [0.25, 0.3) is 0 Å². The molecule has 1 aliphatic carbocycles. The van der Waals surface area contributed by atoms with Crippen LogP contribution in [0.3, 0.4) is 0 Å². The number of hydrogen-bond donors (Lipinski definition) is 1. The van der Waals surface area contributed by atoms with Gasteiger partial charge in [0.15, 0.2) is 0 Å². The first-order chi connectivity index (χ1) is 8.54. The molecule has 0 spiro atoms. The van der Waals surface area contributed by atoms with Crippen molar-refractivity contribution in [1.29, 1.82) is 0 Å². The van der Waals surface area contributed by atoms with E-state index in [0.29, 0.717) is 18.3 Å². The molecule has 0 saturated carbocycles. The molecule has 1 aliphatic rings. The highest BCUT2D eigenvalue weighted by molar-refractivity contribution is 5.17. The first-order valence-corrected chi connectivity index (χ1v) is 6.64. The molecule has 0 bridgehead atoms. The summed E-state index contributed by atoms with van der Waals surface area (Å²) >= 11 is 0. The molecule has 18 heavy (non-hydrogen) atoms. The van der Waals surface area contributed by atoms with Crippen LogP contribution in [0.1, 0.15) is 32.3 Å². The molecule has 3 unspecified atom stereocenters. The normalized spacial score (nSPS) is 25.7. The maximum Gasteiger partial charge on any atom is 0.123 e. The van der Waals surface area contributed by atoms with E-state index in [1.165, 1.54) is 17.7 Å². The van der Waals surface area contributed by atoms with Crippen LogP contribution in [0.2, 0.25) is 0 Å². The quantitative estimate of drug-likeness (QED) is 0.808. The van der Waals surface area contributed by atoms with E-state index in [0.717, 1.165) is 18.4 Å². The van der Waals surface area contributed by atoms with Crippen LogP contribution >= 0.6 is 0 Å². The molecule has 1 aromatic rings. The van der Waals surface area contributed by atoms with Crippen LogP contribution in [-0.4, -0.2) is 11.2 Å². The van der Waals surface area contributed by atoms with E-state index in [1.54, 1.807) is 12.1 Å². The minimum atomic E-state index is -0.332. The number of aliphatic hydroxyl groups is 1. The number of hydrogen-bond acceptors (Lipinski definition) is 1. The number of halogens is 1. The Morgan fingerprint density at radius 2 is 2.00 bits per heavy atom. The van der Waals surface area contributed by atoms with E-state index in [1.807, 2.05) is 0 Å². The maximum atomic E-state index is 12.8. The minimum Gasteiger partial charge on any atom is -0.392 e.